The van der Waals surface area contributed by atoms with Crippen LogP contribution in [0.15, 0.2) is 42.5 Å². The highest BCUT2D eigenvalue weighted by molar-refractivity contribution is 5.96. The Morgan fingerprint density at radius 1 is 1.27 bits per heavy atom. The molecule has 0 bridgehead atoms. The van der Waals surface area contributed by atoms with Crippen molar-refractivity contribution in [1.82, 2.24) is 20.3 Å². The smallest absolute Gasteiger partial charge is 0.319 e. The van der Waals surface area contributed by atoms with Crippen molar-refractivity contribution in [2.75, 3.05) is 25.5 Å². The van der Waals surface area contributed by atoms with Gasteiger partial charge in [0.2, 0.25) is 0 Å². The number of anilines is 1. The summed E-state index contributed by atoms with van der Waals surface area (Å²) < 4.78 is 8.34. The molecule has 0 atom stereocenters. The van der Waals surface area contributed by atoms with Crippen molar-refractivity contribution in [2.24, 2.45) is 0 Å². The number of ether oxygens (including phenoxy) is 1. The average Bonchev–Trinajstić information content (AvgIpc) is 3.16. The zero-order valence-corrected chi connectivity index (χ0v) is 21.7. The van der Waals surface area contributed by atoms with E-state index in [0.717, 1.165) is 47.2 Å². The molecule has 37 heavy (non-hydrogen) atoms. The van der Waals surface area contributed by atoms with Gasteiger partial charge in [0.05, 0.1) is 29.7 Å². The highest BCUT2D eigenvalue weighted by Gasteiger charge is 2.28. The molecule has 3 aromatic rings. The van der Waals surface area contributed by atoms with Crippen LogP contribution in [0.3, 0.4) is 0 Å². The van der Waals surface area contributed by atoms with E-state index in [-0.39, 0.29) is 12.1 Å². The second kappa shape index (κ2) is 11.8. The summed E-state index contributed by atoms with van der Waals surface area (Å²) in [6, 6.07) is 16.2. The first-order valence-electron chi connectivity index (χ1n) is 12.8. The fraction of sp³-hybridized carbons (Fsp3) is 0.393. The van der Waals surface area contributed by atoms with Crippen LogP contribution in [0.1, 0.15) is 51.1 Å². The number of hydrogen-bond donors (Lipinski definition) is 4. The Morgan fingerprint density at radius 2 is 2.03 bits per heavy atom. The van der Waals surface area contributed by atoms with Gasteiger partial charge in [0.15, 0.2) is 0 Å². The molecule has 1 fully saturated rings. The molecule has 9 nitrogen and oxygen atoms in total. The monoisotopic (exact) mass is 501 g/mol. The second-order valence-electron chi connectivity index (χ2n) is 9.55. The third-order valence-corrected chi connectivity index (χ3v) is 6.62. The summed E-state index contributed by atoms with van der Waals surface area (Å²) in [4.78, 5) is 12.1. The molecule has 1 saturated carbocycles. The van der Waals surface area contributed by atoms with Crippen LogP contribution in [0.4, 0.5) is 10.5 Å². The molecule has 0 radical (unpaired) electrons. The van der Waals surface area contributed by atoms with E-state index in [1.165, 1.54) is 12.8 Å². The van der Waals surface area contributed by atoms with E-state index in [0.29, 0.717) is 30.4 Å². The van der Waals surface area contributed by atoms with Gasteiger partial charge in [-0.2, -0.15) is 5.26 Å². The molecule has 9 heteroatoms. The van der Waals surface area contributed by atoms with Crippen LogP contribution in [0, 0.1) is 16.7 Å². The van der Waals surface area contributed by atoms with E-state index in [9.17, 15) is 10.1 Å². The lowest BCUT2D eigenvalue weighted by Crippen LogP contribution is -2.34. The molecule has 2 amide bonds. The first kappa shape index (κ1) is 26.0. The molecule has 1 aliphatic rings. The molecule has 0 aliphatic heterocycles. The Morgan fingerprint density at radius 3 is 2.62 bits per heavy atom. The topological polar surface area (TPSA) is 118 Å². The van der Waals surface area contributed by atoms with Gasteiger partial charge in [-0.3, -0.25) is 10.4 Å². The summed E-state index contributed by atoms with van der Waals surface area (Å²) in [6.45, 7) is 5.03. The van der Waals surface area contributed by atoms with Gasteiger partial charge in [0.1, 0.15) is 11.8 Å². The fourth-order valence-electron chi connectivity index (χ4n) is 4.61. The Bertz CT molecular complexity index is 1290. The number of nitriles is 1. The third-order valence-electron chi connectivity index (χ3n) is 6.62. The van der Waals surface area contributed by atoms with Crippen molar-refractivity contribution >= 4 is 29.0 Å². The predicted octanol–water partition coefficient (Wildman–Crippen LogP) is 5.25. The zero-order valence-electron chi connectivity index (χ0n) is 21.7. The highest BCUT2D eigenvalue weighted by Crippen LogP contribution is 2.43. The van der Waals surface area contributed by atoms with Gasteiger partial charge in [-0.05, 0) is 62.9 Å². The van der Waals surface area contributed by atoms with E-state index < -0.39 is 0 Å². The number of aromatic nitrogens is 1. The third kappa shape index (κ3) is 5.87. The van der Waals surface area contributed by atoms with Crippen LogP contribution in [-0.4, -0.2) is 48.2 Å². The van der Waals surface area contributed by atoms with E-state index in [2.05, 4.69) is 26.7 Å². The lowest BCUT2D eigenvalue weighted by atomic mass is 9.92. The Labute approximate surface area is 217 Å². The van der Waals surface area contributed by atoms with Crippen LogP contribution < -0.4 is 20.8 Å². The van der Waals surface area contributed by atoms with Crippen molar-refractivity contribution < 1.29 is 9.53 Å². The Hall–Kier alpha value is -4.03. The largest absolute Gasteiger partial charge is 0.493 e. The highest BCUT2D eigenvalue weighted by atomic mass is 16.5. The first-order chi connectivity index (χ1) is 17.9. The number of benzene rings is 2. The molecular weight excluding hydrogens is 466 g/mol. The minimum Gasteiger partial charge on any atom is -0.493 e. The molecular formula is C28H35N7O2. The van der Waals surface area contributed by atoms with Crippen molar-refractivity contribution in [1.29, 1.82) is 10.7 Å². The number of hydrogen-bond acceptors (Lipinski definition) is 5. The molecule has 1 aliphatic carbocycles. The number of hydrazine groups is 1. The summed E-state index contributed by atoms with van der Waals surface area (Å²) in [5.41, 5.74) is 7.14. The van der Waals surface area contributed by atoms with Crippen molar-refractivity contribution in [3.8, 4) is 23.1 Å². The summed E-state index contributed by atoms with van der Waals surface area (Å²) in [6.07, 6.45) is 5.34. The molecule has 194 valence electrons. The molecule has 4 rings (SSSR count). The maximum absolute atomic E-state index is 12.1. The number of carbonyl (C=O) groups is 1. The fourth-order valence-corrected chi connectivity index (χ4v) is 4.61. The second-order valence-corrected chi connectivity index (χ2v) is 9.55. The first-order valence-corrected chi connectivity index (χ1v) is 12.8. The predicted molar refractivity (Wildman–Crippen MR) is 147 cm³/mol. The van der Waals surface area contributed by atoms with E-state index in [1.54, 1.807) is 12.1 Å². The SMILES string of the molecule is CNN(C=N)CCCOc1ccc2c(C#N)c(-c3ccc(NC(=O)NC(C)C)cc3)n(C3CCC3)c2c1. The van der Waals surface area contributed by atoms with Crippen LogP contribution in [0.5, 0.6) is 5.75 Å². The maximum Gasteiger partial charge on any atom is 0.319 e. The van der Waals surface area contributed by atoms with E-state index >= 15 is 0 Å². The summed E-state index contributed by atoms with van der Waals surface area (Å²) >= 11 is 0. The van der Waals surface area contributed by atoms with Crippen LogP contribution in [0.2, 0.25) is 0 Å². The number of rotatable bonds is 11. The summed E-state index contributed by atoms with van der Waals surface area (Å²) in [5, 5.41) is 25.8. The Kier molecular flexibility index (Phi) is 8.31. The summed E-state index contributed by atoms with van der Waals surface area (Å²) in [7, 11) is 1.78. The minimum atomic E-state index is -0.243. The molecule has 1 heterocycles. The van der Waals surface area contributed by atoms with Gasteiger partial charge >= 0.3 is 6.03 Å². The van der Waals surface area contributed by atoms with Crippen molar-refractivity contribution in [2.45, 2.75) is 51.6 Å². The number of urea groups is 1. The Balaban J connectivity index is 1.63. The molecule has 0 unspecified atom stereocenters. The standard InChI is InChI=1S/C28H35N7O2/c1-19(2)32-28(36)33-21-10-8-20(9-11-21)27-25(17-29)24-13-12-23(37-15-5-14-34(18-30)31-3)16-26(24)35(27)22-6-4-7-22/h8-13,16,18-19,22,30-31H,4-7,14-15H2,1-3H3,(H2,32,33,36). The minimum absolute atomic E-state index is 0.0503. The zero-order chi connectivity index (χ0) is 26.4. The van der Waals surface area contributed by atoms with Gasteiger partial charge in [0, 0.05) is 49.2 Å². The van der Waals surface area contributed by atoms with Gasteiger partial charge < -0.3 is 19.9 Å². The number of amides is 2. The number of nitrogens with zero attached hydrogens (tertiary/aromatic N) is 3. The lowest BCUT2D eigenvalue weighted by molar-refractivity contribution is 0.250. The maximum atomic E-state index is 12.1. The van der Waals surface area contributed by atoms with E-state index in [1.807, 2.05) is 56.3 Å². The number of nitrogens with one attached hydrogen (secondary N) is 4. The molecule has 0 saturated heterocycles. The van der Waals surface area contributed by atoms with Crippen LogP contribution in [-0.2, 0) is 0 Å². The number of carbonyl (C=O) groups excluding carboxylic acids is 1. The van der Waals surface area contributed by atoms with Gasteiger partial charge in [-0.15, -0.1) is 0 Å². The quantitative estimate of drug-likeness (QED) is 0.124. The molecule has 1 aromatic heterocycles. The number of fused-ring (bicyclic) bond motifs is 1. The molecule has 2 aromatic carbocycles. The van der Waals surface area contributed by atoms with Crippen molar-refractivity contribution in [3.05, 3.63) is 48.0 Å². The lowest BCUT2D eigenvalue weighted by Gasteiger charge is -2.30. The average molecular weight is 502 g/mol. The van der Waals surface area contributed by atoms with E-state index in [4.69, 9.17) is 10.1 Å². The van der Waals surface area contributed by atoms with Crippen molar-refractivity contribution in [3.63, 3.8) is 0 Å². The van der Waals surface area contributed by atoms with Gasteiger partial charge in [0.25, 0.3) is 0 Å². The summed E-state index contributed by atoms with van der Waals surface area (Å²) in [5.74, 6) is 0.767. The van der Waals surface area contributed by atoms with Crippen LogP contribution in [0.25, 0.3) is 22.2 Å². The van der Waals surface area contributed by atoms with Gasteiger partial charge in [-0.1, -0.05) is 12.1 Å². The van der Waals surface area contributed by atoms with Gasteiger partial charge in [-0.25, -0.2) is 10.2 Å². The normalized spacial score (nSPS) is 13.2. The van der Waals surface area contributed by atoms with Crippen LogP contribution >= 0.6 is 0 Å². The molecule has 4 N–H and O–H groups in total. The molecule has 0 spiro atoms.